The molecule has 0 aliphatic heterocycles. The Labute approximate surface area is 942 Å². The molecule has 0 N–H and O–H groups in total. The van der Waals surface area contributed by atoms with E-state index < -0.39 is 6.37 Å². The fraction of sp³-hybridized carbons (Fsp3) is 0.758. The normalized spacial score (nSPS) is 25.4. The number of benzene rings is 6. The van der Waals surface area contributed by atoms with E-state index in [1.807, 2.05) is 41.5 Å². The summed E-state index contributed by atoms with van der Waals surface area (Å²) in [7, 11) is 0. The lowest BCUT2D eigenvalue weighted by Gasteiger charge is -2.62. The molecule has 0 nitrogen and oxygen atoms in total. The van der Waals surface area contributed by atoms with Crippen LogP contribution in [0, 0.1) is 147 Å². The van der Waals surface area contributed by atoms with Gasteiger partial charge in [-0.15, -0.1) is 0 Å². The summed E-state index contributed by atoms with van der Waals surface area (Å²) in [5, 5.41) is 0. The second kappa shape index (κ2) is 51.5. The van der Waals surface area contributed by atoms with E-state index in [9.17, 15) is 0 Å². The molecule has 12 aliphatic carbocycles. The lowest BCUT2D eigenvalue weighted by molar-refractivity contribution is -0.113. The third-order valence-corrected chi connectivity index (χ3v) is 35.8. The zero-order valence-electron chi connectivity index (χ0n) is 117. The Hall–Kier alpha value is -4.68. The van der Waals surface area contributed by atoms with E-state index in [0.29, 0.717) is 44.6 Å². The highest BCUT2D eigenvalue weighted by Crippen LogP contribution is 2.67. The highest BCUT2D eigenvalue weighted by molar-refractivity contribution is 5.82. The van der Waals surface area contributed by atoms with Gasteiger partial charge in [0.15, 0.2) is 0 Å². The van der Waals surface area contributed by atoms with Crippen LogP contribution >= 0.6 is 0 Å². The van der Waals surface area contributed by atoms with Crippen molar-refractivity contribution in [3.63, 3.8) is 0 Å². The Morgan fingerprint density at radius 2 is 0.604 bits per heavy atom. The van der Waals surface area contributed by atoms with Gasteiger partial charge in [0.1, 0.15) is 0 Å². The van der Waals surface area contributed by atoms with Gasteiger partial charge in [0, 0.05) is 4.11 Å². The standard InChI is InChI=1S/C38H54.C18H30.3C14H24.C12H18.C11H16.2C11H24.C6H14/c1-34(2,3)27-19-25(20-28(23-27)35(4,5)6)31-17-16-18-32(33(31)38(13,14)15)26-21-29(36(7,8)9)24-30(22-26)37(10,11)12;1-16(2,3)13-11-10-12-14(17(4,5)6)15(13)18(7,8)9;1-13(2,3)14-7-10-4-11(8-14)6-12(5-10)9-14;2*1-14(2,3)13-11-5-9-4-10(7-11)8-12(13)6-9;1-9-7-6-8-10(2)11(9)12(3,4)5;1-9-7-5-6-8-10(9)11(2,3)4;2*1-6-8-10(7-2)9-11(3,4)5;1-5-6(2,3)4/h16-24H,1-15H3;10-12H,1-9H3;10-12H,4-9H2,1-3H3;2*9-13H,4-8H2,1-3H3;6-8H,1-5H3;5-8H,1-4H3;2*10H,6-9H2,1-5H3;5H2,1-4H3/i;;;13D;;;5D,6D,7D,8D;9D2;;. The second-order valence-corrected chi connectivity index (χ2v) is 67.1. The molecule has 6 aromatic rings. The Morgan fingerprint density at radius 1 is 0.302 bits per heavy atom. The predicted molar refractivity (Wildman–Crippen MR) is 673 cm³/mol. The van der Waals surface area contributed by atoms with Crippen LogP contribution in [0.2, 0.25) is 0 Å². The van der Waals surface area contributed by atoms with Gasteiger partial charge in [0.25, 0.3) is 0 Å². The molecule has 0 aromatic heterocycles. The highest BCUT2D eigenvalue weighted by Gasteiger charge is 2.57. The van der Waals surface area contributed by atoms with E-state index in [2.05, 4.69) is 430 Å². The number of hydrogen-bond acceptors (Lipinski definition) is 0. The number of rotatable bonds is 10. The van der Waals surface area contributed by atoms with Gasteiger partial charge in [-0.2, -0.15) is 0 Å². The minimum atomic E-state index is -1.04. The minimum absolute atomic E-state index is 0.0226. The molecule has 0 radical (unpaired) electrons. The molecule has 0 heteroatoms. The van der Waals surface area contributed by atoms with Crippen molar-refractivity contribution in [2.24, 2.45) is 127 Å². The van der Waals surface area contributed by atoms with Crippen molar-refractivity contribution in [2.45, 2.75) is 602 Å². The molecule has 149 heavy (non-hydrogen) atoms. The van der Waals surface area contributed by atoms with Crippen molar-refractivity contribution < 1.29 is 9.60 Å². The smallest absolute Gasteiger partial charge is 0.0626 e. The average Bonchev–Trinajstić information content (AvgIpc) is 0.715. The fourth-order valence-corrected chi connectivity index (χ4v) is 29.2. The van der Waals surface area contributed by atoms with Crippen molar-refractivity contribution in [2.75, 3.05) is 0 Å². The summed E-state index contributed by atoms with van der Waals surface area (Å²) < 4.78 is 55.9. The summed E-state index contributed by atoms with van der Waals surface area (Å²) in [5.41, 5.74) is 26.3. The number of aryl methyl sites for hydroxylation is 2. The van der Waals surface area contributed by atoms with Crippen LogP contribution in [0.15, 0.2) is 115 Å². The molecule has 18 rings (SSSR count). The highest BCUT2D eigenvalue weighted by atomic mass is 14.6. The van der Waals surface area contributed by atoms with Crippen LogP contribution in [0.4, 0.5) is 0 Å². The third-order valence-electron chi connectivity index (χ3n) is 35.8. The Kier molecular flexibility index (Phi) is 42.0. The Bertz CT molecular complexity index is 5100. The largest absolute Gasteiger partial charge is 0.0654 e. The van der Waals surface area contributed by atoms with Crippen molar-refractivity contribution >= 4 is 0 Å². The zero-order valence-corrected chi connectivity index (χ0v) is 110. The summed E-state index contributed by atoms with van der Waals surface area (Å²) in [4.78, 5) is 0. The molecule has 0 spiro atoms. The van der Waals surface area contributed by atoms with Gasteiger partial charge in [-0.1, -0.05) is 527 Å². The maximum Gasteiger partial charge on any atom is 0.0626 e. The van der Waals surface area contributed by atoms with E-state index in [1.54, 1.807) is 77.6 Å². The second-order valence-electron chi connectivity index (χ2n) is 67.1. The van der Waals surface area contributed by atoms with E-state index in [4.69, 9.17) is 9.60 Å². The molecule has 6 aromatic carbocycles. The molecule has 12 aliphatic rings. The molecule has 12 fully saturated rings. The SMILES string of the molecule is CC(C)(C)C12CC3CC(CC(C3)C1)C2.CC(C)(C)C1C2CC3CC(C2)CC1C3.CC(C)(C)c1cc(-c2cccc(-c3cc(C(C)(C)C)cc(C(C)(C)C)c3)c2C(C)(C)C)cc(C(C)(C)C)c1.CC(C)(C)c1cccc(C(C)(C)C)c1C(C)(C)C.CCC(C)(C)C.CCCC(CC)CC(C)(C)C.Cc1cccc(C)c1C(C)(C)C.[2H]C([2H])(C(CC)CCC)C(C)(C)C.[2H]C1(C(C)(C)C)C2CC3CC(C2)CC1C3.[2H]c1c([2H])c([2H])c(C(C)(C)C)c(C)c1[2H]. The van der Waals surface area contributed by atoms with Gasteiger partial charge in [-0.05, 0) is 412 Å². The summed E-state index contributed by atoms with van der Waals surface area (Å²) in [5.74, 6) is 13.3. The lowest BCUT2D eigenvalue weighted by Crippen LogP contribution is -2.51. The van der Waals surface area contributed by atoms with Gasteiger partial charge in [-0.3, -0.25) is 0 Å². The fourth-order valence-electron chi connectivity index (χ4n) is 29.2. The van der Waals surface area contributed by atoms with Crippen LogP contribution in [0.25, 0.3) is 22.3 Å². The topological polar surface area (TPSA) is 0 Å². The van der Waals surface area contributed by atoms with Gasteiger partial charge < -0.3 is 0 Å². The molecule has 12 saturated carbocycles. The van der Waals surface area contributed by atoms with Crippen LogP contribution in [-0.4, -0.2) is 0 Å². The molecular weight excluding hydrogens is 1790 g/mol. The van der Waals surface area contributed by atoms with E-state index in [0.717, 1.165) is 89.8 Å². The van der Waals surface area contributed by atoms with Crippen molar-refractivity contribution in [3.8, 4) is 22.3 Å². The van der Waals surface area contributed by atoms with Crippen LogP contribution < -0.4 is 0 Å². The molecule has 12 bridgehead atoms. The first-order valence-corrected chi connectivity index (χ1v) is 61.5. The maximum absolute atomic E-state index is 9.00. The maximum atomic E-state index is 9.00. The minimum Gasteiger partial charge on any atom is -0.0654 e. The zero-order chi connectivity index (χ0) is 120. The van der Waals surface area contributed by atoms with Crippen LogP contribution in [0.1, 0.15) is 609 Å². The molecule has 0 heterocycles. The van der Waals surface area contributed by atoms with Crippen LogP contribution in [0.5, 0.6) is 0 Å². The molecule has 0 saturated heterocycles. The first-order valence-electron chi connectivity index (χ1n) is 65.0. The summed E-state index contributed by atoms with van der Waals surface area (Å²) >= 11 is 0. The average molecular weight is 2050 g/mol. The van der Waals surface area contributed by atoms with Gasteiger partial charge in [0.05, 0.1) is 5.48 Å². The monoisotopic (exact) mass is 2050 g/mol. The third kappa shape index (κ3) is 40.1. The Morgan fingerprint density at radius 3 is 0.866 bits per heavy atom. The van der Waals surface area contributed by atoms with Crippen molar-refractivity contribution in [1.29, 1.82) is 0 Å². The molecule has 848 valence electrons. The number of hydrogen-bond donors (Lipinski definition) is 0. The predicted octanol–water partition coefficient (Wildman–Crippen LogP) is 47.4. The summed E-state index contributed by atoms with van der Waals surface area (Å²) in [6, 6.07) is 34.7. The summed E-state index contributed by atoms with van der Waals surface area (Å²) in [6.07, 6.45) is 33.0. The summed E-state index contributed by atoms with van der Waals surface area (Å²) in [6.45, 7) is 127. The van der Waals surface area contributed by atoms with Gasteiger partial charge >= 0.3 is 0 Å². The quantitative estimate of drug-likeness (QED) is 0.128. The molecule has 0 amide bonds. The van der Waals surface area contributed by atoms with Crippen LogP contribution in [0.3, 0.4) is 0 Å². The Balaban J connectivity index is 0.000000274. The van der Waals surface area contributed by atoms with E-state index in [1.165, 1.54) is 148 Å². The first-order chi connectivity index (χ1) is 70.2. The molecule has 2 atom stereocenters. The van der Waals surface area contributed by atoms with Crippen molar-refractivity contribution in [1.82, 2.24) is 0 Å². The van der Waals surface area contributed by atoms with Crippen LogP contribution in [-0.2, 0) is 54.1 Å². The lowest BCUT2D eigenvalue weighted by atomic mass is 9.43. The van der Waals surface area contributed by atoms with Crippen molar-refractivity contribution in [3.05, 3.63) is 187 Å². The van der Waals surface area contributed by atoms with Gasteiger partial charge in [-0.25, -0.2) is 0 Å². The first kappa shape index (κ1) is 121. The van der Waals surface area contributed by atoms with Gasteiger partial charge in [0.2, 0.25) is 0 Å². The van der Waals surface area contributed by atoms with E-state index in [-0.39, 0.29) is 101 Å². The molecule has 2 unspecified atom stereocenters. The molecular formula is C149H252. The van der Waals surface area contributed by atoms with E-state index >= 15 is 0 Å².